The fourth-order valence-corrected chi connectivity index (χ4v) is 4.06. The quantitative estimate of drug-likeness (QED) is 0.850. The summed E-state index contributed by atoms with van der Waals surface area (Å²) in [5, 5.41) is 4.17. The van der Waals surface area contributed by atoms with E-state index in [0.717, 1.165) is 69.9 Å². The minimum absolute atomic E-state index is 0.209. The molecule has 1 aromatic rings. The van der Waals surface area contributed by atoms with Crippen molar-refractivity contribution < 1.29 is 9.57 Å². The monoisotopic (exact) mass is 330 g/mol. The van der Waals surface area contributed by atoms with Crippen LogP contribution in [0.4, 0.5) is 0 Å². The average molecular weight is 330 g/mol. The number of fused-ring (bicyclic) bond motifs is 2. The van der Waals surface area contributed by atoms with Gasteiger partial charge < -0.3 is 9.57 Å². The summed E-state index contributed by atoms with van der Waals surface area (Å²) < 4.78 is 6.27. The fourth-order valence-electron chi connectivity index (χ4n) is 4.06. The Morgan fingerprint density at radius 3 is 2.92 bits per heavy atom. The van der Waals surface area contributed by atoms with E-state index in [0.29, 0.717) is 0 Å². The van der Waals surface area contributed by atoms with Gasteiger partial charge in [0.05, 0.1) is 18.0 Å². The molecule has 0 radical (unpaired) electrons. The van der Waals surface area contributed by atoms with Crippen molar-refractivity contribution in [3.63, 3.8) is 0 Å². The number of aromatic nitrogens is 2. The molecule has 3 aliphatic heterocycles. The van der Waals surface area contributed by atoms with Crippen LogP contribution in [0.1, 0.15) is 49.7 Å². The summed E-state index contributed by atoms with van der Waals surface area (Å²) in [4.78, 5) is 17.1. The minimum Gasteiger partial charge on any atom is -0.391 e. The van der Waals surface area contributed by atoms with Crippen molar-refractivity contribution in [2.75, 3.05) is 26.2 Å². The molecule has 3 aliphatic rings. The third-order valence-corrected chi connectivity index (χ3v) is 5.49. The summed E-state index contributed by atoms with van der Waals surface area (Å²) in [7, 11) is 0. The molecular formula is C18H26N4O2. The van der Waals surface area contributed by atoms with E-state index in [1.807, 2.05) is 13.1 Å². The van der Waals surface area contributed by atoms with Crippen molar-refractivity contribution in [3.05, 3.63) is 23.3 Å². The standard InChI is InChI=1S/C18H26N4O2/c1-3-15-10-16(24-21-15)12-22-7-5-18(6-8-22)17-14(4-9-23-18)11-19-13(2)20-17/h11,16H,3-10,12H2,1-2H3. The Labute approximate surface area is 143 Å². The number of nitrogens with zero attached hydrogens (tertiary/aromatic N) is 4. The number of piperidine rings is 1. The maximum atomic E-state index is 6.27. The van der Waals surface area contributed by atoms with Gasteiger partial charge in [-0.1, -0.05) is 12.1 Å². The van der Waals surface area contributed by atoms with Crippen LogP contribution in [0.3, 0.4) is 0 Å². The molecule has 1 unspecified atom stereocenters. The van der Waals surface area contributed by atoms with Crippen molar-refractivity contribution in [1.29, 1.82) is 0 Å². The highest BCUT2D eigenvalue weighted by molar-refractivity contribution is 5.85. The van der Waals surface area contributed by atoms with Gasteiger partial charge in [-0.3, -0.25) is 4.90 Å². The molecule has 1 fully saturated rings. The lowest BCUT2D eigenvalue weighted by molar-refractivity contribution is -0.105. The second-order valence-corrected chi connectivity index (χ2v) is 7.13. The van der Waals surface area contributed by atoms with Crippen LogP contribution in [0.2, 0.25) is 0 Å². The molecule has 0 bridgehead atoms. The van der Waals surface area contributed by atoms with Gasteiger partial charge in [-0.25, -0.2) is 9.97 Å². The van der Waals surface area contributed by atoms with E-state index in [2.05, 4.69) is 22.0 Å². The topological polar surface area (TPSA) is 59.8 Å². The van der Waals surface area contributed by atoms with Crippen molar-refractivity contribution in [3.8, 4) is 0 Å². The number of oxime groups is 1. The van der Waals surface area contributed by atoms with Gasteiger partial charge in [-0.15, -0.1) is 0 Å². The molecule has 0 N–H and O–H groups in total. The second kappa shape index (κ2) is 6.41. The van der Waals surface area contributed by atoms with E-state index < -0.39 is 0 Å². The normalized spacial score (nSPS) is 26.1. The number of aryl methyl sites for hydroxylation is 1. The first-order chi connectivity index (χ1) is 11.7. The van der Waals surface area contributed by atoms with Crippen molar-refractivity contribution >= 4 is 5.71 Å². The van der Waals surface area contributed by atoms with E-state index in [-0.39, 0.29) is 11.7 Å². The molecule has 6 nitrogen and oxygen atoms in total. The first kappa shape index (κ1) is 16.0. The van der Waals surface area contributed by atoms with E-state index >= 15 is 0 Å². The summed E-state index contributed by atoms with van der Waals surface area (Å²) in [5.74, 6) is 0.838. The zero-order chi connectivity index (χ0) is 16.6. The zero-order valence-corrected chi connectivity index (χ0v) is 14.6. The Kier molecular flexibility index (Phi) is 4.26. The third-order valence-electron chi connectivity index (χ3n) is 5.49. The molecule has 1 saturated heterocycles. The van der Waals surface area contributed by atoms with Gasteiger partial charge in [0, 0.05) is 32.3 Å². The van der Waals surface area contributed by atoms with E-state index in [4.69, 9.17) is 14.6 Å². The van der Waals surface area contributed by atoms with Crippen molar-refractivity contribution in [2.24, 2.45) is 5.16 Å². The third kappa shape index (κ3) is 2.93. The van der Waals surface area contributed by atoms with Gasteiger partial charge in [0.25, 0.3) is 0 Å². The lowest BCUT2D eigenvalue weighted by Gasteiger charge is -2.44. The SMILES string of the molecule is CCC1=NOC(CN2CCC3(CC2)OCCc2cnc(C)nc23)C1. The molecule has 0 amide bonds. The first-order valence-electron chi connectivity index (χ1n) is 9.09. The van der Waals surface area contributed by atoms with Crippen LogP contribution in [-0.4, -0.2) is 52.9 Å². The minimum atomic E-state index is -0.209. The number of hydrogen-bond donors (Lipinski definition) is 0. The molecule has 1 aromatic heterocycles. The smallest absolute Gasteiger partial charge is 0.145 e. The molecule has 6 heteroatoms. The Bertz CT molecular complexity index is 638. The summed E-state index contributed by atoms with van der Waals surface area (Å²) in [5.41, 5.74) is 3.37. The zero-order valence-electron chi connectivity index (χ0n) is 14.6. The van der Waals surface area contributed by atoms with Gasteiger partial charge in [-0.2, -0.15) is 0 Å². The summed E-state index contributed by atoms with van der Waals surface area (Å²) >= 11 is 0. The van der Waals surface area contributed by atoms with Crippen LogP contribution in [0.5, 0.6) is 0 Å². The van der Waals surface area contributed by atoms with E-state index in [1.54, 1.807) is 0 Å². The molecule has 0 aliphatic carbocycles. The Balaban J connectivity index is 1.41. The molecule has 130 valence electrons. The highest BCUT2D eigenvalue weighted by Gasteiger charge is 2.42. The first-order valence-corrected chi connectivity index (χ1v) is 9.09. The maximum Gasteiger partial charge on any atom is 0.145 e. The lowest BCUT2D eigenvalue weighted by Crippen LogP contribution is -2.48. The second-order valence-electron chi connectivity index (χ2n) is 7.13. The summed E-state index contributed by atoms with van der Waals surface area (Å²) in [6.45, 7) is 7.86. The molecule has 1 atom stereocenters. The molecule has 0 aromatic carbocycles. The number of rotatable bonds is 3. The maximum absolute atomic E-state index is 6.27. The van der Waals surface area contributed by atoms with Gasteiger partial charge >= 0.3 is 0 Å². The van der Waals surface area contributed by atoms with Crippen LogP contribution in [0, 0.1) is 6.92 Å². The van der Waals surface area contributed by atoms with Gasteiger partial charge in [0.2, 0.25) is 0 Å². The fraction of sp³-hybridized carbons (Fsp3) is 0.722. The predicted octanol–water partition coefficient (Wildman–Crippen LogP) is 2.20. The number of hydrogen-bond acceptors (Lipinski definition) is 6. The van der Waals surface area contributed by atoms with Crippen LogP contribution < -0.4 is 0 Å². The van der Waals surface area contributed by atoms with Crippen molar-refractivity contribution in [2.45, 2.75) is 57.7 Å². The molecule has 1 spiro atoms. The molecular weight excluding hydrogens is 304 g/mol. The predicted molar refractivity (Wildman–Crippen MR) is 91.0 cm³/mol. The number of likely N-dealkylation sites (tertiary alicyclic amines) is 1. The number of ether oxygens (including phenoxy) is 1. The summed E-state index contributed by atoms with van der Waals surface area (Å²) in [6, 6.07) is 0. The molecule has 24 heavy (non-hydrogen) atoms. The van der Waals surface area contributed by atoms with Crippen LogP contribution in [-0.2, 0) is 21.6 Å². The van der Waals surface area contributed by atoms with E-state index in [1.165, 1.54) is 11.3 Å². The molecule has 4 rings (SSSR count). The van der Waals surface area contributed by atoms with Gasteiger partial charge in [0.15, 0.2) is 0 Å². The molecule has 0 saturated carbocycles. The Morgan fingerprint density at radius 1 is 1.33 bits per heavy atom. The van der Waals surface area contributed by atoms with Crippen LogP contribution >= 0.6 is 0 Å². The Morgan fingerprint density at radius 2 is 2.17 bits per heavy atom. The summed E-state index contributed by atoms with van der Waals surface area (Å²) in [6.07, 6.45) is 7.08. The lowest BCUT2D eigenvalue weighted by atomic mass is 9.83. The highest BCUT2D eigenvalue weighted by atomic mass is 16.6. The van der Waals surface area contributed by atoms with E-state index in [9.17, 15) is 0 Å². The van der Waals surface area contributed by atoms with Gasteiger partial charge in [0.1, 0.15) is 17.5 Å². The highest BCUT2D eigenvalue weighted by Crippen LogP contribution is 2.40. The molecule has 4 heterocycles. The average Bonchev–Trinajstić information content (AvgIpc) is 3.06. The van der Waals surface area contributed by atoms with Crippen LogP contribution in [0.25, 0.3) is 0 Å². The van der Waals surface area contributed by atoms with Crippen molar-refractivity contribution in [1.82, 2.24) is 14.9 Å². The largest absolute Gasteiger partial charge is 0.391 e. The van der Waals surface area contributed by atoms with Crippen LogP contribution in [0.15, 0.2) is 11.4 Å². The Hall–Kier alpha value is -1.53. The van der Waals surface area contributed by atoms with Gasteiger partial charge in [-0.05, 0) is 38.2 Å².